The Morgan fingerprint density at radius 3 is 2.68 bits per heavy atom. The number of hydrazine groups is 1. The molecule has 3 N–H and O–H groups in total. The van der Waals surface area contributed by atoms with Crippen LogP contribution in [0.15, 0.2) is 36.5 Å². The average Bonchev–Trinajstić information content (AvgIpc) is 2.43. The van der Waals surface area contributed by atoms with Crippen molar-refractivity contribution in [1.29, 1.82) is 0 Å². The number of pyridine rings is 1. The molecule has 6 heteroatoms. The summed E-state index contributed by atoms with van der Waals surface area (Å²) in [5.74, 6) is 5.52. The summed E-state index contributed by atoms with van der Waals surface area (Å²) in [5.41, 5.74) is 3.51. The van der Waals surface area contributed by atoms with Crippen LogP contribution in [0, 0.1) is 5.82 Å². The van der Waals surface area contributed by atoms with Crippen LogP contribution in [0.5, 0.6) is 5.75 Å². The van der Waals surface area contributed by atoms with Crippen molar-refractivity contribution in [2.75, 3.05) is 7.11 Å². The monoisotopic (exact) mass is 281 g/mol. The lowest BCUT2D eigenvalue weighted by atomic mass is 10.0. The molecule has 100 valence electrons. The maximum Gasteiger partial charge on any atom is 0.132 e. The first-order valence-corrected chi connectivity index (χ1v) is 5.94. The zero-order valence-electron chi connectivity index (χ0n) is 10.2. The first-order chi connectivity index (χ1) is 9.15. The van der Waals surface area contributed by atoms with Crippen LogP contribution in [0.3, 0.4) is 0 Å². The first kappa shape index (κ1) is 13.7. The van der Waals surface area contributed by atoms with Gasteiger partial charge >= 0.3 is 0 Å². The van der Waals surface area contributed by atoms with Crippen LogP contribution in [0.4, 0.5) is 4.39 Å². The van der Waals surface area contributed by atoms with Crippen molar-refractivity contribution in [3.05, 3.63) is 58.6 Å². The van der Waals surface area contributed by atoms with Gasteiger partial charge in [0, 0.05) is 17.8 Å². The number of benzene rings is 1. The SMILES string of the molecule is COc1ccc(C(NN)c2ccc(Cl)cn2)c(F)c1. The fourth-order valence-electron chi connectivity index (χ4n) is 1.76. The molecule has 0 saturated carbocycles. The second-order valence-electron chi connectivity index (χ2n) is 3.89. The highest BCUT2D eigenvalue weighted by Crippen LogP contribution is 2.26. The van der Waals surface area contributed by atoms with Crippen molar-refractivity contribution in [3.63, 3.8) is 0 Å². The van der Waals surface area contributed by atoms with E-state index in [0.717, 1.165) is 0 Å². The standard InChI is InChI=1S/C13H13ClFN3O/c1-19-9-3-4-10(11(15)6-9)13(18-16)12-5-2-8(14)7-17-12/h2-7,13,18H,16H2,1H3. The third kappa shape index (κ3) is 3.01. The topological polar surface area (TPSA) is 60.2 Å². The van der Waals surface area contributed by atoms with Crippen LogP contribution < -0.4 is 16.0 Å². The van der Waals surface area contributed by atoms with Crippen LogP contribution in [-0.4, -0.2) is 12.1 Å². The average molecular weight is 282 g/mol. The lowest BCUT2D eigenvalue weighted by Crippen LogP contribution is -2.30. The molecule has 1 unspecified atom stereocenters. The summed E-state index contributed by atoms with van der Waals surface area (Å²) in [5, 5.41) is 0.509. The Bertz CT molecular complexity index is 562. The Balaban J connectivity index is 2.39. The Morgan fingerprint density at radius 2 is 2.16 bits per heavy atom. The van der Waals surface area contributed by atoms with Gasteiger partial charge in [0.1, 0.15) is 11.6 Å². The van der Waals surface area contributed by atoms with E-state index in [1.54, 1.807) is 24.3 Å². The van der Waals surface area contributed by atoms with Crippen molar-refractivity contribution in [3.8, 4) is 5.75 Å². The number of aromatic nitrogens is 1. The van der Waals surface area contributed by atoms with E-state index in [4.69, 9.17) is 22.2 Å². The molecule has 1 aromatic carbocycles. The van der Waals surface area contributed by atoms with Crippen LogP contribution in [0.25, 0.3) is 0 Å². The lowest BCUT2D eigenvalue weighted by Gasteiger charge is -2.17. The number of nitrogens with zero attached hydrogens (tertiary/aromatic N) is 1. The summed E-state index contributed by atoms with van der Waals surface area (Å²) in [6, 6.07) is 7.39. The molecule has 0 saturated heterocycles. The molecule has 0 amide bonds. The number of nitrogens with two attached hydrogens (primary N) is 1. The summed E-state index contributed by atoms with van der Waals surface area (Å²) in [4.78, 5) is 4.14. The fourth-order valence-corrected chi connectivity index (χ4v) is 1.87. The molecule has 1 atom stereocenters. The molecular weight excluding hydrogens is 269 g/mol. The molecule has 2 rings (SSSR count). The van der Waals surface area contributed by atoms with Crippen molar-refractivity contribution in [2.45, 2.75) is 6.04 Å². The number of ether oxygens (including phenoxy) is 1. The zero-order valence-corrected chi connectivity index (χ0v) is 11.0. The molecule has 0 aliphatic rings. The van der Waals surface area contributed by atoms with E-state index < -0.39 is 11.9 Å². The largest absolute Gasteiger partial charge is 0.497 e. The fraction of sp³-hybridized carbons (Fsp3) is 0.154. The normalized spacial score (nSPS) is 12.2. The van der Waals surface area contributed by atoms with Crippen LogP contribution >= 0.6 is 11.6 Å². The smallest absolute Gasteiger partial charge is 0.132 e. The summed E-state index contributed by atoms with van der Waals surface area (Å²) < 4.78 is 19.0. The van der Waals surface area contributed by atoms with Gasteiger partial charge in [-0.25, -0.2) is 9.82 Å². The highest BCUT2D eigenvalue weighted by atomic mass is 35.5. The second kappa shape index (κ2) is 5.97. The van der Waals surface area contributed by atoms with Gasteiger partial charge in [0.25, 0.3) is 0 Å². The zero-order chi connectivity index (χ0) is 13.8. The van der Waals surface area contributed by atoms with E-state index in [0.29, 0.717) is 22.0 Å². The van der Waals surface area contributed by atoms with Crippen molar-refractivity contribution >= 4 is 11.6 Å². The van der Waals surface area contributed by atoms with E-state index in [1.807, 2.05) is 0 Å². The summed E-state index contributed by atoms with van der Waals surface area (Å²) in [7, 11) is 1.48. The highest BCUT2D eigenvalue weighted by Gasteiger charge is 2.18. The van der Waals surface area contributed by atoms with E-state index >= 15 is 0 Å². The van der Waals surface area contributed by atoms with Gasteiger partial charge in [-0.2, -0.15) is 0 Å². The quantitative estimate of drug-likeness (QED) is 0.667. The lowest BCUT2D eigenvalue weighted by molar-refractivity contribution is 0.410. The van der Waals surface area contributed by atoms with E-state index in [2.05, 4.69) is 10.4 Å². The summed E-state index contributed by atoms with van der Waals surface area (Å²) >= 11 is 5.77. The maximum atomic E-state index is 14.0. The Hall–Kier alpha value is -1.69. The molecule has 4 nitrogen and oxygen atoms in total. The molecule has 1 aromatic heterocycles. The molecule has 0 radical (unpaired) electrons. The van der Waals surface area contributed by atoms with Gasteiger partial charge < -0.3 is 4.74 Å². The van der Waals surface area contributed by atoms with Gasteiger partial charge in [-0.15, -0.1) is 0 Å². The molecule has 0 aliphatic carbocycles. The predicted octanol–water partition coefficient (Wildman–Crippen LogP) is 2.44. The molecule has 19 heavy (non-hydrogen) atoms. The van der Waals surface area contributed by atoms with Gasteiger partial charge in [-0.3, -0.25) is 10.8 Å². The Labute approximate surface area is 115 Å². The second-order valence-corrected chi connectivity index (χ2v) is 4.32. The number of methoxy groups -OCH3 is 1. The van der Waals surface area contributed by atoms with Crippen LogP contribution in [0.1, 0.15) is 17.3 Å². The highest BCUT2D eigenvalue weighted by molar-refractivity contribution is 6.30. The van der Waals surface area contributed by atoms with Crippen molar-refractivity contribution in [2.24, 2.45) is 5.84 Å². The number of nitrogens with one attached hydrogen (secondary N) is 1. The molecule has 0 bridgehead atoms. The minimum Gasteiger partial charge on any atom is -0.497 e. The summed E-state index contributed by atoms with van der Waals surface area (Å²) in [6.07, 6.45) is 1.49. The van der Waals surface area contributed by atoms with Gasteiger partial charge in [0.2, 0.25) is 0 Å². The molecule has 0 spiro atoms. The van der Waals surface area contributed by atoms with Gasteiger partial charge in [-0.1, -0.05) is 17.7 Å². The van der Waals surface area contributed by atoms with E-state index in [-0.39, 0.29) is 0 Å². The van der Waals surface area contributed by atoms with Crippen LogP contribution in [0.2, 0.25) is 5.02 Å². The molecule has 1 heterocycles. The van der Waals surface area contributed by atoms with Crippen LogP contribution in [-0.2, 0) is 0 Å². The molecule has 0 aliphatic heterocycles. The van der Waals surface area contributed by atoms with E-state index in [9.17, 15) is 4.39 Å². The predicted molar refractivity (Wildman–Crippen MR) is 71.4 cm³/mol. The first-order valence-electron chi connectivity index (χ1n) is 5.56. The minimum absolute atomic E-state index is 0.387. The third-order valence-electron chi connectivity index (χ3n) is 2.73. The third-order valence-corrected chi connectivity index (χ3v) is 2.95. The van der Waals surface area contributed by atoms with Gasteiger partial charge in [0.15, 0.2) is 0 Å². The van der Waals surface area contributed by atoms with Crippen molar-refractivity contribution in [1.82, 2.24) is 10.4 Å². The number of halogens is 2. The molecular formula is C13H13ClFN3O. The van der Waals surface area contributed by atoms with Crippen molar-refractivity contribution < 1.29 is 9.13 Å². The maximum absolute atomic E-state index is 14.0. The minimum atomic E-state index is -0.553. The van der Waals surface area contributed by atoms with Gasteiger partial charge in [-0.05, 0) is 18.2 Å². The number of hydrogen-bond donors (Lipinski definition) is 2. The molecule has 0 fully saturated rings. The van der Waals surface area contributed by atoms with Gasteiger partial charge in [0.05, 0.1) is 23.9 Å². The Kier molecular flexibility index (Phi) is 4.31. The van der Waals surface area contributed by atoms with E-state index in [1.165, 1.54) is 19.4 Å². The number of rotatable bonds is 4. The number of hydrogen-bond acceptors (Lipinski definition) is 4. The Morgan fingerprint density at radius 1 is 1.37 bits per heavy atom. The molecule has 2 aromatic rings. The summed E-state index contributed by atoms with van der Waals surface area (Å²) in [6.45, 7) is 0.